The zero-order valence-electron chi connectivity index (χ0n) is 15.6. The minimum Gasteiger partial charge on any atom is -0.490 e. The van der Waals surface area contributed by atoms with Gasteiger partial charge in [0.25, 0.3) is 5.91 Å². The number of nitrogens with zero attached hydrogens (tertiary/aromatic N) is 3. The number of thioether (sulfide) groups is 1. The van der Waals surface area contributed by atoms with Gasteiger partial charge in [0.05, 0.1) is 27.8 Å². The number of aryl methyl sites for hydroxylation is 1. The molecule has 1 aliphatic rings. The van der Waals surface area contributed by atoms with Crippen molar-refractivity contribution in [3.8, 4) is 5.75 Å². The quantitative estimate of drug-likeness (QED) is 0.305. The third-order valence-electron chi connectivity index (χ3n) is 4.46. The lowest BCUT2D eigenvalue weighted by atomic mass is 10.1. The topological polar surface area (TPSA) is 115 Å². The summed E-state index contributed by atoms with van der Waals surface area (Å²) in [6, 6.07) is 3.25. The number of aliphatic carboxylic acids is 1. The Morgan fingerprint density at radius 2 is 2.17 bits per heavy atom. The first kappa shape index (κ1) is 20.8. The molecule has 1 fully saturated rings. The van der Waals surface area contributed by atoms with Gasteiger partial charge in [0.1, 0.15) is 4.32 Å². The van der Waals surface area contributed by atoms with Crippen LogP contribution in [0.3, 0.4) is 0 Å². The van der Waals surface area contributed by atoms with Gasteiger partial charge >= 0.3 is 11.7 Å². The number of nitro benzene ring substituents is 1. The van der Waals surface area contributed by atoms with Crippen molar-refractivity contribution in [2.24, 2.45) is 7.05 Å². The Balaban J connectivity index is 2.02. The minimum atomic E-state index is -0.942. The van der Waals surface area contributed by atoms with Crippen LogP contribution in [0, 0.1) is 10.1 Å². The number of carboxylic acids is 1. The lowest BCUT2D eigenvalue weighted by Crippen LogP contribution is -2.29. The van der Waals surface area contributed by atoms with Crippen molar-refractivity contribution in [3.63, 3.8) is 0 Å². The summed E-state index contributed by atoms with van der Waals surface area (Å²) in [6.07, 6.45) is 3.50. The van der Waals surface area contributed by atoms with Crippen molar-refractivity contribution in [2.75, 3.05) is 13.7 Å². The van der Waals surface area contributed by atoms with Gasteiger partial charge in [-0.05, 0) is 24.6 Å². The van der Waals surface area contributed by atoms with E-state index in [1.54, 1.807) is 30.0 Å². The monoisotopic (exact) mass is 435 g/mol. The fourth-order valence-electron chi connectivity index (χ4n) is 3.16. The Bertz CT molecular complexity index is 1080. The smallest absolute Gasteiger partial charge is 0.320 e. The first-order valence-corrected chi connectivity index (χ1v) is 9.74. The van der Waals surface area contributed by atoms with E-state index in [4.69, 9.17) is 22.1 Å². The molecule has 1 saturated heterocycles. The van der Waals surface area contributed by atoms with Crippen LogP contribution in [0.5, 0.6) is 5.75 Å². The summed E-state index contributed by atoms with van der Waals surface area (Å²) in [6.45, 7) is 0.206. The van der Waals surface area contributed by atoms with Gasteiger partial charge in [-0.2, -0.15) is 0 Å². The molecule has 2 heterocycles. The van der Waals surface area contributed by atoms with E-state index in [1.807, 2.05) is 0 Å². The molecule has 0 unspecified atom stereocenters. The SMILES string of the molecule is COc1ccc2c(c(/C=C3/SC(=S)N(CCCC(=O)O)C3=O)cn2C)c1[N+](=O)[O-]. The molecule has 0 bridgehead atoms. The van der Waals surface area contributed by atoms with Crippen molar-refractivity contribution >= 4 is 62.8 Å². The minimum absolute atomic E-state index is 0.0641. The van der Waals surface area contributed by atoms with E-state index in [0.717, 1.165) is 11.8 Å². The molecule has 152 valence electrons. The van der Waals surface area contributed by atoms with E-state index in [-0.39, 0.29) is 36.7 Å². The fourth-order valence-corrected chi connectivity index (χ4v) is 4.46. The molecule has 0 spiro atoms. The van der Waals surface area contributed by atoms with Gasteiger partial charge in [-0.1, -0.05) is 24.0 Å². The van der Waals surface area contributed by atoms with Gasteiger partial charge in [0.15, 0.2) is 5.75 Å². The number of rotatable bonds is 7. The van der Waals surface area contributed by atoms with Crippen LogP contribution in [0.25, 0.3) is 17.0 Å². The average Bonchev–Trinajstić information content (AvgIpc) is 3.11. The summed E-state index contributed by atoms with van der Waals surface area (Å²) >= 11 is 6.33. The number of hydrogen-bond acceptors (Lipinski definition) is 7. The normalized spacial score (nSPS) is 15.5. The Labute approximate surface area is 175 Å². The second-order valence-electron chi connectivity index (χ2n) is 6.29. The second-order valence-corrected chi connectivity index (χ2v) is 7.97. The number of hydrogen-bond donors (Lipinski definition) is 1. The van der Waals surface area contributed by atoms with Crippen LogP contribution in [0.2, 0.25) is 0 Å². The average molecular weight is 435 g/mol. The molecule has 0 saturated carbocycles. The molecule has 0 radical (unpaired) electrons. The predicted molar refractivity (Wildman–Crippen MR) is 113 cm³/mol. The van der Waals surface area contributed by atoms with Crippen LogP contribution in [0.4, 0.5) is 5.69 Å². The number of amides is 1. The van der Waals surface area contributed by atoms with Gasteiger partial charge in [-0.3, -0.25) is 24.6 Å². The number of benzene rings is 1. The molecule has 11 heteroatoms. The van der Waals surface area contributed by atoms with E-state index in [1.165, 1.54) is 18.1 Å². The van der Waals surface area contributed by atoms with Crippen LogP contribution in [0.15, 0.2) is 23.2 Å². The third kappa shape index (κ3) is 3.96. The first-order chi connectivity index (χ1) is 13.7. The van der Waals surface area contributed by atoms with Crippen molar-refractivity contribution in [1.82, 2.24) is 9.47 Å². The number of nitro groups is 1. The second kappa shape index (κ2) is 8.21. The molecule has 3 rings (SSSR count). The molecule has 0 aliphatic carbocycles. The Morgan fingerprint density at radius 3 is 2.79 bits per heavy atom. The lowest BCUT2D eigenvalue weighted by Gasteiger charge is -2.13. The largest absolute Gasteiger partial charge is 0.490 e. The molecule has 1 amide bonds. The summed E-state index contributed by atoms with van der Waals surface area (Å²) in [5.41, 5.74) is 0.952. The third-order valence-corrected chi connectivity index (χ3v) is 5.83. The van der Waals surface area contributed by atoms with Crippen LogP contribution < -0.4 is 4.74 Å². The van der Waals surface area contributed by atoms with Gasteiger partial charge in [0.2, 0.25) is 0 Å². The summed E-state index contributed by atoms with van der Waals surface area (Å²) in [5.74, 6) is -1.15. The summed E-state index contributed by atoms with van der Waals surface area (Å²) in [4.78, 5) is 36.3. The molecule has 29 heavy (non-hydrogen) atoms. The highest BCUT2D eigenvalue weighted by Gasteiger charge is 2.32. The number of carbonyl (C=O) groups is 2. The maximum absolute atomic E-state index is 12.7. The molecule has 1 aromatic heterocycles. The molecule has 2 aromatic rings. The van der Waals surface area contributed by atoms with Crippen molar-refractivity contribution in [1.29, 1.82) is 0 Å². The van der Waals surface area contributed by atoms with Crippen LogP contribution in [0.1, 0.15) is 18.4 Å². The zero-order valence-corrected chi connectivity index (χ0v) is 17.2. The van der Waals surface area contributed by atoms with E-state index in [0.29, 0.717) is 25.7 Å². The Morgan fingerprint density at radius 1 is 1.45 bits per heavy atom. The fraction of sp³-hybridized carbons (Fsp3) is 0.278. The van der Waals surface area contributed by atoms with Crippen molar-refractivity contribution in [2.45, 2.75) is 12.8 Å². The van der Waals surface area contributed by atoms with Gasteiger partial charge in [-0.25, -0.2) is 0 Å². The Hall–Kier alpha value is -2.92. The van der Waals surface area contributed by atoms with Crippen molar-refractivity contribution in [3.05, 3.63) is 38.9 Å². The number of thiocarbonyl (C=S) groups is 1. The molecule has 1 N–H and O–H groups in total. The molecule has 9 nitrogen and oxygen atoms in total. The molecular formula is C18H17N3O6S2. The molecule has 1 aliphatic heterocycles. The summed E-state index contributed by atoms with van der Waals surface area (Å²) < 4.78 is 7.22. The van der Waals surface area contributed by atoms with E-state index >= 15 is 0 Å². The summed E-state index contributed by atoms with van der Waals surface area (Å²) in [5, 5.41) is 20.8. The number of methoxy groups -OCH3 is 1. The maximum Gasteiger partial charge on any atom is 0.320 e. The molecule has 1 aromatic carbocycles. The van der Waals surface area contributed by atoms with Crippen LogP contribution in [-0.4, -0.2) is 49.3 Å². The van der Waals surface area contributed by atoms with Crippen molar-refractivity contribution < 1.29 is 24.4 Å². The van der Waals surface area contributed by atoms with Gasteiger partial charge in [0, 0.05) is 31.8 Å². The Kier molecular flexibility index (Phi) is 5.89. The maximum atomic E-state index is 12.7. The van der Waals surface area contributed by atoms with E-state index in [2.05, 4.69) is 0 Å². The first-order valence-electron chi connectivity index (χ1n) is 8.52. The van der Waals surface area contributed by atoms with Gasteiger partial charge in [-0.15, -0.1) is 0 Å². The number of carbonyl (C=O) groups excluding carboxylic acids is 1. The standard InChI is InChI=1S/C18H17N3O6S2/c1-19-9-10(15-11(19)5-6-12(27-2)16(15)21(25)26)8-13-17(24)20(18(28)29-13)7-3-4-14(22)23/h5-6,8-9H,3-4,7H2,1-2H3,(H,22,23)/b13-8+. The number of ether oxygens (including phenoxy) is 1. The van der Waals surface area contributed by atoms with Gasteiger partial charge < -0.3 is 14.4 Å². The molecular weight excluding hydrogens is 418 g/mol. The number of fused-ring (bicyclic) bond motifs is 1. The highest BCUT2D eigenvalue weighted by Crippen LogP contribution is 2.40. The predicted octanol–water partition coefficient (Wildman–Crippen LogP) is 3.16. The van der Waals surface area contributed by atoms with E-state index < -0.39 is 10.9 Å². The highest BCUT2D eigenvalue weighted by molar-refractivity contribution is 8.26. The number of aromatic nitrogens is 1. The summed E-state index contributed by atoms with van der Waals surface area (Å²) in [7, 11) is 3.12. The van der Waals surface area contributed by atoms with Crippen LogP contribution >= 0.6 is 24.0 Å². The number of carboxylic acid groups (broad SMARTS) is 1. The highest BCUT2D eigenvalue weighted by atomic mass is 32.2. The zero-order chi connectivity index (χ0) is 21.3. The molecule has 0 atom stereocenters. The van der Waals surface area contributed by atoms with Crippen LogP contribution in [-0.2, 0) is 16.6 Å². The lowest BCUT2D eigenvalue weighted by molar-refractivity contribution is -0.383. The van der Waals surface area contributed by atoms with E-state index in [9.17, 15) is 19.7 Å².